The van der Waals surface area contributed by atoms with Gasteiger partial charge < -0.3 is 14.6 Å². The number of methoxy groups -OCH3 is 1. The number of benzene rings is 2. The topological polar surface area (TPSA) is 38.7 Å². The van der Waals surface area contributed by atoms with Crippen LogP contribution in [0.2, 0.25) is 0 Å². The minimum atomic E-state index is -0.936. The van der Waals surface area contributed by atoms with Crippen LogP contribution < -0.4 is 9.47 Å². The van der Waals surface area contributed by atoms with E-state index >= 15 is 0 Å². The first-order valence-electron chi connectivity index (χ1n) is 5.90. The Morgan fingerprint density at radius 2 is 1.68 bits per heavy atom. The molecule has 0 amide bonds. The molecule has 1 atom stereocenters. The van der Waals surface area contributed by atoms with Crippen LogP contribution in [0.4, 0.5) is 4.39 Å². The molecule has 0 unspecified atom stereocenters. The fourth-order valence-corrected chi connectivity index (χ4v) is 1.78. The van der Waals surface area contributed by atoms with Crippen LogP contribution in [0.15, 0.2) is 42.5 Å². The highest BCUT2D eigenvalue weighted by atomic mass is 19.1. The lowest BCUT2D eigenvalue weighted by Crippen LogP contribution is -1.99. The number of halogens is 1. The molecule has 0 heterocycles. The predicted octanol–water partition coefficient (Wildman–Crippen LogP) is 3.68. The lowest BCUT2D eigenvalue weighted by atomic mass is 10.1. The van der Waals surface area contributed by atoms with Gasteiger partial charge in [-0.25, -0.2) is 4.39 Å². The van der Waals surface area contributed by atoms with Gasteiger partial charge in [-0.3, -0.25) is 0 Å². The Kier molecular flexibility index (Phi) is 4.02. The van der Waals surface area contributed by atoms with Gasteiger partial charge in [-0.1, -0.05) is 6.07 Å². The van der Waals surface area contributed by atoms with Gasteiger partial charge in [0.25, 0.3) is 0 Å². The molecule has 0 saturated carbocycles. The summed E-state index contributed by atoms with van der Waals surface area (Å²) < 4.78 is 24.3. The molecule has 1 N–H and O–H groups in total. The molecule has 0 aromatic heterocycles. The van der Waals surface area contributed by atoms with Crippen molar-refractivity contribution in [1.29, 1.82) is 0 Å². The maximum atomic E-state index is 13.7. The molecule has 2 aromatic carbocycles. The molecule has 2 aromatic rings. The number of hydrogen-bond acceptors (Lipinski definition) is 3. The fraction of sp³-hybridized carbons (Fsp3) is 0.200. The Morgan fingerprint density at radius 3 is 2.26 bits per heavy atom. The minimum Gasteiger partial charge on any atom is -0.497 e. The van der Waals surface area contributed by atoms with Crippen LogP contribution in [-0.4, -0.2) is 12.2 Å². The van der Waals surface area contributed by atoms with Crippen molar-refractivity contribution >= 4 is 0 Å². The molecule has 0 bridgehead atoms. The Bertz CT molecular complexity index is 550. The molecule has 0 fully saturated rings. The van der Waals surface area contributed by atoms with Crippen LogP contribution >= 0.6 is 0 Å². The van der Waals surface area contributed by atoms with Crippen molar-refractivity contribution in [3.05, 3.63) is 53.8 Å². The van der Waals surface area contributed by atoms with Gasteiger partial charge in [0.2, 0.25) is 0 Å². The third-order valence-electron chi connectivity index (χ3n) is 2.72. The molecule has 0 spiro atoms. The van der Waals surface area contributed by atoms with Gasteiger partial charge in [-0.05, 0) is 43.3 Å². The zero-order valence-electron chi connectivity index (χ0n) is 10.8. The van der Waals surface area contributed by atoms with Gasteiger partial charge in [0.1, 0.15) is 23.1 Å². The zero-order chi connectivity index (χ0) is 13.8. The summed E-state index contributed by atoms with van der Waals surface area (Å²) in [6.07, 6.45) is -0.936. The van der Waals surface area contributed by atoms with Crippen LogP contribution in [0, 0.1) is 5.82 Å². The van der Waals surface area contributed by atoms with Gasteiger partial charge in [-0.2, -0.15) is 0 Å². The van der Waals surface area contributed by atoms with Crippen molar-refractivity contribution in [3.63, 3.8) is 0 Å². The monoisotopic (exact) mass is 262 g/mol. The Labute approximate surface area is 111 Å². The molecule has 0 aliphatic rings. The van der Waals surface area contributed by atoms with E-state index in [0.29, 0.717) is 17.2 Å². The van der Waals surface area contributed by atoms with Crippen molar-refractivity contribution in [2.75, 3.05) is 7.11 Å². The molecule has 0 aliphatic heterocycles. The number of hydrogen-bond donors (Lipinski definition) is 1. The third kappa shape index (κ3) is 3.03. The first kappa shape index (κ1) is 13.4. The lowest BCUT2D eigenvalue weighted by molar-refractivity contribution is 0.190. The van der Waals surface area contributed by atoms with Crippen LogP contribution in [0.25, 0.3) is 0 Å². The fourth-order valence-electron chi connectivity index (χ4n) is 1.78. The van der Waals surface area contributed by atoms with Crippen molar-refractivity contribution in [3.8, 4) is 17.2 Å². The van der Waals surface area contributed by atoms with E-state index in [4.69, 9.17) is 9.47 Å². The lowest BCUT2D eigenvalue weighted by Gasteiger charge is -2.14. The molecule has 19 heavy (non-hydrogen) atoms. The van der Waals surface area contributed by atoms with Crippen LogP contribution in [0.3, 0.4) is 0 Å². The molecule has 100 valence electrons. The number of rotatable bonds is 4. The Hall–Kier alpha value is -2.07. The molecule has 0 saturated heterocycles. The van der Waals surface area contributed by atoms with E-state index < -0.39 is 11.9 Å². The second kappa shape index (κ2) is 5.71. The van der Waals surface area contributed by atoms with Crippen LogP contribution in [0.5, 0.6) is 17.2 Å². The highest BCUT2D eigenvalue weighted by Gasteiger charge is 2.15. The summed E-state index contributed by atoms with van der Waals surface area (Å²) in [4.78, 5) is 0. The first-order valence-corrected chi connectivity index (χ1v) is 5.90. The predicted molar refractivity (Wildman–Crippen MR) is 70.1 cm³/mol. The molecular formula is C15H15FO3. The molecule has 2 rings (SSSR count). The zero-order valence-corrected chi connectivity index (χ0v) is 10.8. The van der Waals surface area contributed by atoms with E-state index in [0.717, 1.165) is 0 Å². The van der Waals surface area contributed by atoms with E-state index in [-0.39, 0.29) is 5.56 Å². The first-order chi connectivity index (χ1) is 9.11. The average molecular weight is 262 g/mol. The summed E-state index contributed by atoms with van der Waals surface area (Å²) in [5.74, 6) is 1.08. The van der Waals surface area contributed by atoms with Gasteiger partial charge in [0, 0.05) is 0 Å². The summed E-state index contributed by atoms with van der Waals surface area (Å²) in [7, 11) is 1.58. The normalized spacial score (nSPS) is 12.0. The molecule has 0 aliphatic carbocycles. The van der Waals surface area contributed by atoms with Crippen molar-refractivity contribution in [2.45, 2.75) is 13.0 Å². The van der Waals surface area contributed by atoms with E-state index in [2.05, 4.69) is 0 Å². The third-order valence-corrected chi connectivity index (χ3v) is 2.72. The minimum absolute atomic E-state index is 0.151. The smallest absolute Gasteiger partial charge is 0.136 e. The van der Waals surface area contributed by atoms with Gasteiger partial charge in [-0.15, -0.1) is 0 Å². The van der Waals surface area contributed by atoms with E-state index in [9.17, 15) is 9.50 Å². The van der Waals surface area contributed by atoms with E-state index in [1.165, 1.54) is 13.0 Å². The second-order valence-electron chi connectivity index (χ2n) is 4.11. The van der Waals surface area contributed by atoms with Gasteiger partial charge >= 0.3 is 0 Å². The average Bonchev–Trinajstić information content (AvgIpc) is 2.39. The summed E-state index contributed by atoms with van der Waals surface area (Å²) in [6, 6.07) is 11.4. The summed E-state index contributed by atoms with van der Waals surface area (Å²) in [5.41, 5.74) is 0.151. The van der Waals surface area contributed by atoms with Crippen LogP contribution in [0.1, 0.15) is 18.6 Å². The maximum Gasteiger partial charge on any atom is 0.136 e. The number of aliphatic hydroxyl groups excluding tert-OH is 1. The summed E-state index contributed by atoms with van der Waals surface area (Å²) in [6.45, 7) is 1.50. The Balaban J connectivity index is 2.29. The second-order valence-corrected chi connectivity index (χ2v) is 4.11. The highest BCUT2D eigenvalue weighted by molar-refractivity contribution is 5.41. The van der Waals surface area contributed by atoms with E-state index in [1.54, 1.807) is 43.5 Å². The molecule has 4 heteroatoms. The number of aliphatic hydroxyl groups is 1. The summed E-state index contributed by atoms with van der Waals surface area (Å²) in [5, 5.41) is 9.61. The van der Waals surface area contributed by atoms with Crippen molar-refractivity contribution in [2.24, 2.45) is 0 Å². The SMILES string of the molecule is COc1ccc(Oc2cccc(F)c2[C@H](C)O)cc1. The molecule has 0 radical (unpaired) electrons. The van der Waals surface area contributed by atoms with Crippen molar-refractivity contribution in [1.82, 2.24) is 0 Å². The quantitative estimate of drug-likeness (QED) is 0.913. The van der Waals surface area contributed by atoms with E-state index in [1.807, 2.05) is 0 Å². The summed E-state index contributed by atoms with van der Waals surface area (Å²) >= 11 is 0. The largest absolute Gasteiger partial charge is 0.497 e. The number of ether oxygens (including phenoxy) is 2. The standard InChI is InChI=1S/C15H15FO3/c1-10(17)15-13(16)4-3-5-14(15)19-12-8-6-11(18-2)7-9-12/h3-10,17H,1-2H3/t10-/m0/s1. The van der Waals surface area contributed by atoms with Crippen LogP contribution in [-0.2, 0) is 0 Å². The van der Waals surface area contributed by atoms with Gasteiger partial charge in [0.15, 0.2) is 0 Å². The van der Waals surface area contributed by atoms with Gasteiger partial charge in [0.05, 0.1) is 18.8 Å². The van der Waals surface area contributed by atoms with Crippen molar-refractivity contribution < 1.29 is 19.0 Å². The Morgan fingerprint density at radius 1 is 1.05 bits per heavy atom. The maximum absolute atomic E-state index is 13.7. The molecular weight excluding hydrogens is 247 g/mol. The highest BCUT2D eigenvalue weighted by Crippen LogP contribution is 2.32. The molecule has 3 nitrogen and oxygen atoms in total.